The Kier molecular flexibility index (Phi) is 4.66. The number of nitrogens with zero attached hydrogens (tertiary/aromatic N) is 1. The summed E-state index contributed by atoms with van der Waals surface area (Å²) in [5, 5.41) is 0. The van der Waals surface area contributed by atoms with Gasteiger partial charge in [0.1, 0.15) is 6.10 Å². The quantitative estimate of drug-likeness (QED) is 0.541. The number of aliphatic imine (C=N–C) groups is 1. The fourth-order valence-corrected chi connectivity index (χ4v) is 1.16. The van der Waals surface area contributed by atoms with Gasteiger partial charge in [0.05, 0.1) is 0 Å². The predicted molar refractivity (Wildman–Crippen MR) is 63.8 cm³/mol. The third kappa shape index (κ3) is 4.86. The number of rotatable bonds is 6. The summed E-state index contributed by atoms with van der Waals surface area (Å²) in [7, 11) is 0. The largest absolute Gasteiger partial charge is 0.476 e. The van der Waals surface area contributed by atoms with Crippen molar-refractivity contribution < 1.29 is 4.74 Å². The fourth-order valence-electron chi connectivity index (χ4n) is 1.16. The molecule has 0 heterocycles. The molecule has 0 aliphatic heterocycles. The molecule has 0 aromatic heterocycles. The van der Waals surface area contributed by atoms with Crippen LogP contribution < -0.4 is 5.73 Å². The van der Waals surface area contributed by atoms with Gasteiger partial charge >= 0.3 is 0 Å². The van der Waals surface area contributed by atoms with E-state index in [-0.39, 0.29) is 0 Å². The summed E-state index contributed by atoms with van der Waals surface area (Å²) in [6, 6.07) is 0.347. The molecular weight excluding hydrogens is 188 g/mol. The maximum atomic E-state index is 5.66. The second-order valence-electron chi connectivity index (χ2n) is 4.31. The average molecular weight is 210 g/mol. The molecule has 2 N–H and O–H groups in total. The van der Waals surface area contributed by atoms with Gasteiger partial charge < -0.3 is 10.5 Å². The minimum Gasteiger partial charge on any atom is -0.476 e. The van der Waals surface area contributed by atoms with Crippen LogP contribution in [0.4, 0.5) is 0 Å². The highest BCUT2D eigenvalue weighted by molar-refractivity contribution is 5.71. The van der Waals surface area contributed by atoms with Gasteiger partial charge in [-0.25, -0.2) is 0 Å². The van der Waals surface area contributed by atoms with Gasteiger partial charge in [0.2, 0.25) is 0 Å². The molecule has 0 unspecified atom stereocenters. The highest BCUT2D eigenvalue weighted by atomic mass is 16.5. The van der Waals surface area contributed by atoms with Crippen LogP contribution in [0, 0.1) is 5.92 Å². The number of allylic oxidation sites excluding steroid dienone is 1. The van der Waals surface area contributed by atoms with Crippen molar-refractivity contribution in [3.05, 3.63) is 12.0 Å². The van der Waals surface area contributed by atoms with Gasteiger partial charge in [-0.2, -0.15) is 0 Å². The Balaban J connectivity index is 2.29. The van der Waals surface area contributed by atoms with Gasteiger partial charge in [-0.1, -0.05) is 20.3 Å². The first kappa shape index (κ1) is 12.1. The monoisotopic (exact) mass is 210 g/mol. The van der Waals surface area contributed by atoms with E-state index in [1.807, 2.05) is 0 Å². The van der Waals surface area contributed by atoms with E-state index in [9.17, 15) is 0 Å². The first-order chi connectivity index (χ1) is 7.13. The SMILES string of the molecule is CC[C@H](C)[C@@H](C)N=CC=C(N)OC1CC1. The molecular formula is C12H22N2O. The molecule has 1 aliphatic carbocycles. The normalized spacial score (nSPS) is 21.7. The summed E-state index contributed by atoms with van der Waals surface area (Å²) in [6.07, 6.45) is 7.29. The molecule has 0 radical (unpaired) electrons. The van der Waals surface area contributed by atoms with Crippen LogP contribution in [0.1, 0.15) is 40.0 Å². The van der Waals surface area contributed by atoms with Gasteiger partial charge in [-0.15, -0.1) is 0 Å². The van der Waals surface area contributed by atoms with Crippen LogP contribution in [-0.2, 0) is 4.74 Å². The van der Waals surface area contributed by atoms with Crippen molar-refractivity contribution >= 4 is 6.21 Å². The lowest BCUT2D eigenvalue weighted by molar-refractivity contribution is 0.195. The molecule has 0 aromatic carbocycles. The van der Waals surface area contributed by atoms with E-state index in [0.717, 1.165) is 19.3 Å². The van der Waals surface area contributed by atoms with E-state index in [2.05, 4.69) is 25.8 Å². The summed E-state index contributed by atoms with van der Waals surface area (Å²) in [5.41, 5.74) is 5.66. The summed E-state index contributed by atoms with van der Waals surface area (Å²) in [4.78, 5) is 4.40. The Morgan fingerprint density at radius 1 is 1.53 bits per heavy atom. The lowest BCUT2D eigenvalue weighted by atomic mass is 10.0. The van der Waals surface area contributed by atoms with E-state index >= 15 is 0 Å². The number of hydrogen-bond acceptors (Lipinski definition) is 3. The molecule has 1 aliphatic rings. The van der Waals surface area contributed by atoms with Crippen molar-refractivity contribution in [1.29, 1.82) is 0 Å². The van der Waals surface area contributed by atoms with E-state index in [1.54, 1.807) is 12.3 Å². The van der Waals surface area contributed by atoms with Gasteiger partial charge in [-0.05, 0) is 25.7 Å². The van der Waals surface area contributed by atoms with E-state index < -0.39 is 0 Å². The summed E-state index contributed by atoms with van der Waals surface area (Å²) in [6.45, 7) is 6.50. The standard InChI is InChI=1S/C12H22N2O/c1-4-9(2)10(3)14-8-7-12(13)15-11-5-6-11/h7-11H,4-6,13H2,1-3H3/t9-,10+/m0/s1. The van der Waals surface area contributed by atoms with Gasteiger partial charge in [0.15, 0.2) is 5.88 Å². The molecule has 1 fully saturated rings. The number of ether oxygens (including phenoxy) is 1. The van der Waals surface area contributed by atoms with Crippen molar-refractivity contribution in [2.75, 3.05) is 0 Å². The maximum absolute atomic E-state index is 5.66. The van der Waals surface area contributed by atoms with Crippen LogP contribution in [-0.4, -0.2) is 18.4 Å². The summed E-state index contributed by atoms with van der Waals surface area (Å²) < 4.78 is 5.38. The van der Waals surface area contributed by atoms with Crippen molar-refractivity contribution in [1.82, 2.24) is 0 Å². The van der Waals surface area contributed by atoms with Crippen LogP contribution in [0.3, 0.4) is 0 Å². The molecule has 0 saturated heterocycles. The third-order valence-corrected chi connectivity index (χ3v) is 2.85. The van der Waals surface area contributed by atoms with Crippen LogP contribution in [0.15, 0.2) is 17.0 Å². The minimum atomic E-state index is 0.347. The van der Waals surface area contributed by atoms with Crippen LogP contribution in [0.25, 0.3) is 0 Å². The Hall–Kier alpha value is -0.990. The molecule has 1 rings (SSSR count). The van der Waals surface area contributed by atoms with Gasteiger partial charge in [0, 0.05) is 18.3 Å². The molecule has 2 atom stereocenters. The van der Waals surface area contributed by atoms with Crippen molar-refractivity contribution in [2.45, 2.75) is 52.2 Å². The third-order valence-electron chi connectivity index (χ3n) is 2.85. The van der Waals surface area contributed by atoms with Crippen LogP contribution in [0.2, 0.25) is 0 Å². The van der Waals surface area contributed by atoms with Crippen LogP contribution in [0.5, 0.6) is 0 Å². The molecule has 3 heteroatoms. The molecule has 3 nitrogen and oxygen atoms in total. The first-order valence-corrected chi connectivity index (χ1v) is 5.79. The topological polar surface area (TPSA) is 47.6 Å². The highest BCUT2D eigenvalue weighted by Gasteiger charge is 2.23. The Bertz CT molecular complexity index is 244. The molecule has 0 aromatic rings. The number of hydrogen-bond donors (Lipinski definition) is 1. The van der Waals surface area contributed by atoms with Crippen molar-refractivity contribution in [3.8, 4) is 0 Å². The molecule has 0 amide bonds. The zero-order valence-corrected chi connectivity index (χ0v) is 9.94. The van der Waals surface area contributed by atoms with Crippen molar-refractivity contribution in [3.63, 3.8) is 0 Å². The van der Waals surface area contributed by atoms with Crippen molar-refractivity contribution in [2.24, 2.45) is 16.6 Å². The molecule has 0 bridgehead atoms. The first-order valence-electron chi connectivity index (χ1n) is 5.79. The van der Waals surface area contributed by atoms with Gasteiger partial charge in [-0.3, -0.25) is 4.99 Å². The van der Waals surface area contributed by atoms with Gasteiger partial charge in [0.25, 0.3) is 0 Å². The Labute approximate surface area is 92.4 Å². The lowest BCUT2D eigenvalue weighted by Gasteiger charge is -2.12. The molecule has 15 heavy (non-hydrogen) atoms. The second kappa shape index (κ2) is 5.79. The highest BCUT2D eigenvalue weighted by Crippen LogP contribution is 2.24. The lowest BCUT2D eigenvalue weighted by Crippen LogP contribution is -2.10. The second-order valence-corrected chi connectivity index (χ2v) is 4.31. The summed E-state index contributed by atoms with van der Waals surface area (Å²) in [5.74, 6) is 1.10. The zero-order valence-electron chi connectivity index (χ0n) is 9.94. The Morgan fingerprint density at radius 2 is 2.20 bits per heavy atom. The summed E-state index contributed by atoms with van der Waals surface area (Å²) >= 11 is 0. The van der Waals surface area contributed by atoms with E-state index in [1.165, 1.54) is 0 Å². The fraction of sp³-hybridized carbons (Fsp3) is 0.750. The molecule has 0 spiro atoms. The average Bonchev–Trinajstić information content (AvgIpc) is 3.00. The van der Waals surface area contributed by atoms with Crippen LogP contribution >= 0.6 is 0 Å². The number of nitrogens with two attached hydrogens (primary N) is 1. The van der Waals surface area contributed by atoms with E-state index in [0.29, 0.717) is 23.9 Å². The zero-order chi connectivity index (χ0) is 11.3. The van der Waals surface area contributed by atoms with E-state index in [4.69, 9.17) is 10.5 Å². The predicted octanol–water partition coefficient (Wildman–Crippen LogP) is 2.47. The molecule has 86 valence electrons. The smallest absolute Gasteiger partial charge is 0.185 e. The maximum Gasteiger partial charge on any atom is 0.185 e. The Morgan fingerprint density at radius 3 is 2.73 bits per heavy atom. The molecule has 1 saturated carbocycles. The minimum absolute atomic E-state index is 0.347.